The molecule has 16 heavy (non-hydrogen) atoms. The van der Waals surface area contributed by atoms with E-state index in [4.69, 9.17) is 10.2 Å². The number of hydrogen-bond acceptors (Lipinski definition) is 5. The maximum atomic E-state index is 11.5. The summed E-state index contributed by atoms with van der Waals surface area (Å²) < 4.78 is 0. The van der Waals surface area contributed by atoms with Crippen molar-refractivity contribution in [3.63, 3.8) is 0 Å². The molecule has 0 fully saturated rings. The van der Waals surface area contributed by atoms with Gasteiger partial charge in [0.05, 0.1) is 6.33 Å². The average Bonchev–Trinajstić information content (AvgIpc) is 2.65. The smallest absolute Gasteiger partial charge is 0.354 e. The summed E-state index contributed by atoms with van der Waals surface area (Å²) in [7, 11) is 0. The van der Waals surface area contributed by atoms with Gasteiger partial charge in [-0.2, -0.15) is 0 Å². The molecule has 0 spiro atoms. The second-order valence-electron chi connectivity index (χ2n) is 2.93. The first-order chi connectivity index (χ1) is 7.43. The lowest BCUT2D eigenvalue weighted by atomic mass is 10.3. The van der Waals surface area contributed by atoms with E-state index < -0.39 is 18.0 Å². The number of aromatic nitrogens is 2. The summed E-state index contributed by atoms with van der Waals surface area (Å²) in [5.41, 5.74) is -0.610. The van der Waals surface area contributed by atoms with E-state index >= 15 is 0 Å². The number of aliphatic hydroxyl groups excluding tert-OH is 1. The Kier molecular flexibility index (Phi) is 3.69. The van der Waals surface area contributed by atoms with Gasteiger partial charge in [0, 0.05) is 0 Å². The Labute approximate surface area is 95.5 Å². The van der Waals surface area contributed by atoms with E-state index in [9.17, 15) is 9.59 Å². The van der Waals surface area contributed by atoms with Crippen molar-refractivity contribution in [2.45, 2.75) is 13.0 Å². The lowest BCUT2D eigenvalue weighted by Gasteiger charge is -2.07. The highest BCUT2D eigenvalue weighted by Crippen LogP contribution is 2.02. The molecule has 1 heterocycles. The van der Waals surface area contributed by atoms with Crippen LogP contribution in [0.3, 0.4) is 0 Å². The number of carbonyl (C=O) groups excluding carboxylic acids is 1. The Morgan fingerprint density at radius 2 is 2.25 bits per heavy atom. The third kappa shape index (κ3) is 2.61. The molecule has 1 atom stereocenters. The number of hydrogen-bond donors (Lipinski definition) is 4. The minimum atomic E-state index is -1.30. The Morgan fingerprint density at radius 3 is 2.75 bits per heavy atom. The highest BCUT2D eigenvalue weighted by atomic mass is 32.1. The minimum Gasteiger partial charge on any atom is -0.477 e. The van der Waals surface area contributed by atoms with Crippen LogP contribution in [-0.2, 0) is 0 Å². The second-order valence-corrected chi connectivity index (χ2v) is 3.37. The third-order valence-electron chi connectivity index (χ3n) is 1.68. The van der Waals surface area contributed by atoms with Crippen LogP contribution in [0, 0.1) is 0 Å². The zero-order valence-corrected chi connectivity index (χ0v) is 9.04. The molecule has 0 aliphatic rings. The van der Waals surface area contributed by atoms with E-state index in [1.165, 1.54) is 6.92 Å². The molecule has 0 aromatic carbocycles. The summed E-state index contributed by atoms with van der Waals surface area (Å²) in [6.45, 7) is 1.38. The molecule has 0 bridgehead atoms. The first-order valence-electron chi connectivity index (χ1n) is 4.23. The molecule has 0 aliphatic heterocycles. The normalized spacial score (nSPS) is 11.9. The number of aliphatic hydroxyl groups is 1. The molecule has 0 saturated carbocycles. The van der Waals surface area contributed by atoms with Crippen LogP contribution in [0.25, 0.3) is 0 Å². The maximum Gasteiger partial charge on any atom is 0.354 e. The van der Waals surface area contributed by atoms with Crippen molar-refractivity contribution in [3.8, 4) is 0 Å². The van der Waals surface area contributed by atoms with Crippen molar-refractivity contribution in [1.82, 2.24) is 15.3 Å². The standard InChI is InChI=1S/C8H9N3O4S/c1-3(12)7(16)11-6(13)4-5(8(14)15)10-2-9-4/h2-3,12H,1H3,(H,9,10)(H,14,15)(H,11,13,16). The fourth-order valence-corrected chi connectivity index (χ4v) is 0.998. The molecule has 0 saturated heterocycles. The summed E-state index contributed by atoms with van der Waals surface area (Å²) >= 11 is 4.67. The van der Waals surface area contributed by atoms with Crippen molar-refractivity contribution in [3.05, 3.63) is 17.7 Å². The molecule has 4 N–H and O–H groups in total. The molecule has 1 aromatic rings. The largest absolute Gasteiger partial charge is 0.477 e. The zero-order valence-electron chi connectivity index (χ0n) is 8.22. The first kappa shape index (κ1) is 12.3. The molecule has 0 radical (unpaired) electrons. The quantitative estimate of drug-likeness (QED) is 0.534. The predicted molar refractivity (Wildman–Crippen MR) is 57.3 cm³/mol. The van der Waals surface area contributed by atoms with Gasteiger partial charge in [-0.15, -0.1) is 0 Å². The Morgan fingerprint density at radius 1 is 1.62 bits per heavy atom. The Hall–Kier alpha value is -1.80. The molecular formula is C8H9N3O4S. The number of nitrogens with zero attached hydrogens (tertiary/aromatic N) is 1. The van der Waals surface area contributed by atoms with Gasteiger partial charge in [0.15, 0.2) is 11.4 Å². The molecule has 0 aliphatic carbocycles. The lowest BCUT2D eigenvalue weighted by Crippen LogP contribution is -2.36. The number of carbonyl (C=O) groups is 2. The molecule has 1 amide bonds. The van der Waals surface area contributed by atoms with Crippen LogP contribution in [-0.4, -0.2) is 43.1 Å². The van der Waals surface area contributed by atoms with Gasteiger partial charge in [-0.25, -0.2) is 9.78 Å². The van der Waals surface area contributed by atoms with Crippen LogP contribution >= 0.6 is 12.2 Å². The van der Waals surface area contributed by atoms with Crippen LogP contribution in [0.5, 0.6) is 0 Å². The summed E-state index contributed by atoms with van der Waals surface area (Å²) in [5, 5.41) is 19.9. The van der Waals surface area contributed by atoms with Gasteiger partial charge in [0.25, 0.3) is 5.91 Å². The number of carboxylic acids is 1. The Balaban J connectivity index is 2.85. The van der Waals surface area contributed by atoms with Gasteiger partial charge in [-0.1, -0.05) is 12.2 Å². The second kappa shape index (κ2) is 4.81. The van der Waals surface area contributed by atoms with Crippen molar-refractivity contribution in [2.24, 2.45) is 0 Å². The highest BCUT2D eigenvalue weighted by Gasteiger charge is 2.21. The Bertz CT molecular complexity index is 440. The lowest BCUT2D eigenvalue weighted by molar-refractivity contribution is 0.0685. The number of thiocarbonyl (C=S) groups is 1. The summed E-state index contributed by atoms with van der Waals surface area (Å²) in [5.74, 6) is -2.07. The van der Waals surface area contributed by atoms with Crippen LogP contribution < -0.4 is 5.32 Å². The van der Waals surface area contributed by atoms with E-state index in [1.54, 1.807) is 0 Å². The molecule has 1 rings (SSSR count). The molecular weight excluding hydrogens is 234 g/mol. The van der Waals surface area contributed by atoms with E-state index in [0.29, 0.717) is 0 Å². The third-order valence-corrected chi connectivity index (χ3v) is 2.13. The summed E-state index contributed by atoms with van der Waals surface area (Å²) in [6.07, 6.45) is 0.0928. The number of aromatic carboxylic acids is 1. The number of H-pyrrole nitrogens is 1. The molecule has 1 unspecified atom stereocenters. The highest BCUT2D eigenvalue weighted by molar-refractivity contribution is 7.80. The van der Waals surface area contributed by atoms with E-state index in [1.807, 2.05) is 0 Å². The zero-order chi connectivity index (χ0) is 12.3. The van der Waals surface area contributed by atoms with Crippen molar-refractivity contribution >= 4 is 29.1 Å². The number of aromatic amines is 1. The topological polar surface area (TPSA) is 115 Å². The van der Waals surface area contributed by atoms with Crippen molar-refractivity contribution in [1.29, 1.82) is 0 Å². The monoisotopic (exact) mass is 243 g/mol. The number of amides is 1. The van der Waals surface area contributed by atoms with E-state index in [2.05, 4.69) is 27.5 Å². The van der Waals surface area contributed by atoms with Crippen molar-refractivity contribution in [2.75, 3.05) is 0 Å². The van der Waals surface area contributed by atoms with Gasteiger partial charge in [0.1, 0.15) is 11.1 Å². The minimum absolute atomic E-state index is 0.0932. The number of carboxylic acid groups (broad SMARTS) is 1. The van der Waals surface area contributed by atoms with Gasteiger partial charge < -0.3 is 20.5 Å². The van der Waals surface area contributed by atoms with Crippen molar-refractivity contribution < 1.29 is 19.8 Å². The fraction of sp³-hybridized carbons (Fsp3) is 0.250. The van der Waals surface area contributed by atoms with Crippen LogP contribution in [0.4, 0.5) is 0 Å². The van der Waals surface area contributed by atoms with Crippen LogP contribution in [0.15, 0.2) is 6.33 Å². The molecule has 7 nitrogen and oxygen atoms in total. The van der Waals surface area contributed by atoms with E-state index in [0.717, 1.165) is 6.33 Å². The summed E-state index contributed by atoms with van der Waals surface area (Å²) in [6, 6.07) is 0. The average molecular weight is 243 g/mol. The van der Waals surface area contributed by atoms with Gasteiger partial charge in [-0.05, 0) is 6.92 Å². The van der Waals surface area contributed by atoms with Crippen LogP contribution in [0.2, 0.25) is 0 Å². The number of rotatable bonds is 3. The molecule has 86 valence electrons. The number of nitrogens with one attached hydrogen (secondary N) is 2. The maximum absolute atomic E-state index is 11.5. The predicted octanol–water partition coefficient (Wildman–Crippen LogP) is -0.454. The molecule has 1 aromatic heterocycles. The van der Waals surface area contributed by atoms with Gasteiger partial charge >= 0.3 is 5.97 Å². The fourth-order valence-electron chi connectivity index (χ4n) is 0.905. The van der Waals surface area contributed by atoms with Gasteiger partial charge in [-0.3, -0.25) is 4.79 Å². The number of imidazole rings is 1. The summed E-state index contributed by atoms with van der Waals surface area (Å²) in [4.78, 5) is 27.9. The SMILES string of the molecule is CC(O)C(=S)NC(=O)c1nc[nH]c1C(=O)O. The van der Waals surface area contributed by atoms with Gasteiger partial charge in [0.2, 0.25) is 0 Å². The van der Waals surface area contributed by atoms with Crippen LogP contribution in [0.1, 0.15) is 27.9 Å². The first-order valence-corrected chi connectivity index (χ1v) is 4.64. The van der Waals surface area contributed by atoms with E-state index in [-0.39, 0.29) is 16.4 Å². The molecule has 8 heteroatoms.